The van der Waals surface area contributed by atoms with Crippen LogP contribution in [-0.2, 0) is 11.2 Å². The zero-order valence-electron chi connectivity index (χ0n) is 16.2. The minimum atomic E-state index is -0.000995. The number of ether oxygens (including phenoxy) is 2. The maximum absolute atomic E-state index is 11.5. The van der Waals surface area contributed by atoms with Gasteiger partial charge in [0.05, 0.1) is 14.2 Å². The number of halogens is 1. The van der Waals surface area contributed by atoms with Crippen LogP contribution in [0.15, 0.2) is 23.2 Å². The molecule has 26 heavy (non-hydrogen) atoms. The molecule has 1 amide bonds. The van der Waals surface area contributed by atoms with Gasteiger partial charge in [-0.1, -0.05) is 19.9 Å². The molecule has 7 nitrogen and oxygen atoms in total. The second-order valence-electron chi connectivity index (χ2n) is 5.81. The third kappa shape index (κ3) is 8.59. The number of carbonyl (C=O) groups is 1. The van der Waals surface area contributed by atoms with Crippen molar-refractivity contribution >= 4 is 35.8 Å². The molecule has 1 aromatic rings. The Morgan fingerprint density at radius 2 is 1.65 bits per heavy atom. The van der Waals surface area contributed by atoms with Crippen molar-refractivity contribution in [2.75, 3.05) is 40.9 Å². The van der Waals surface area contributed by atoms with E-state index in [1.807, 2.05) is 32.0 Å². The van der Waals surface area contributed by atoms with Gasteiger partial charge in [0.1, 0.15) is 0 Å². The van der Waals surface area contributed by atoms with Crippen LogP contribution in [0, 0.1) is 5.92 Å². The van der Waals surface area contributed by atoms with E-state index >= 15 is 0 Å². The molecule has 0 radical (unpaired) electrons. The SMILES string of the molecule is CN=C(NCCNC(=O)C(C)C)NCCc1ccc(OC)c(OC)c1.I. The topological polar surface area (TPSA) is 84.0 Å². The van der Waals surface area contributed by atoms with Gasteiger partial charge < -0.3 is 25.4 Å². The highest BCUT2D eigenvalue weighted by Crippen LogP contribution is 2.27. The molecule has 0 saturated carbocycles. The summed E-state index contributed by atoms with van der Waals surface area (Å²) in [6, 6.07) is 5.89. The van der Waals surface area contributed by atoms with Crippen molar-refractivity contribution in [1.29, 1.82) is 0 Å². The fraction of sp³-hybridized carbons (Fsp3) is 0.556. The van der Waals surface area contributed by atoms with E-state index in [1.54, 1.807) is 21.3 Å². The summed E-state index contributed by atoms with van der Waals surface area (Å²) < 4.78 is 10.5. The number of nitrogens with one attached hydrogen (secondary N) is 3. The summed E-state index contributed by atoms with van der Waals surface area (Å²) in [5, 5.41) is 9.28. The van der Waals surface area contributed by atoms with Crippen LogP contribution in [-0.4, -0.2) is 52.8 Å². The van der Waals surface area contributed by atoms with Crippen LogP contribution in [0.3, 0.4) is 0 Å². The molecule has 0 unspecified atom stereocenters. The molecule has 0 atom stereocenters. The molecular formula is C18H31IN4O3. The maximum atomic E-state index is 11.5. The van der Waals surface area contributed by atoms with E-state index < -0.39 is 0 Å². The first-order valence-corrected chi connectivity index (χ1v) is 8.45. The van der Waals surface area contributed by atoms with E-state index in [0.717, 1.165) is 30.0 Å². The Kier molecular flexibility index (Phi) is 12.6. The van der Waals surface area contributed by atoms with Crippen LogP contribution in [0.2, 0.25) is 0 Å². The number of rotatable bonds is 9. The van der Waals surface area contributed by atoms with Gasteiger partial charge in [0.25, 0.3) is 0 Å². The monoisotopic (exact) mass is 478 g/mol. The van der Waals surface area contributed by atoms with Crippen LogP contribution in [0.5, 0.6) is 11.5 Å². The molecule has 1 aromatic carbocycles. The van der Waals surface area contributed by atoms with Gasteiger partial charge in [0, 0.05) is 32.6 Å². The quantitative estimate of drug-likeness (QED) is 0.218. The van der Waals surface area contributed by atoms with Gasteiger partial charge in [-0.3, -0.25) is 9.79 Å². The molecule has 8 heteroatoms. The average molecular weight is 478 g/mol. The van der Waals surface area contributed by atoms with Crippen molar-refractivity contribution < 1.29 is 14.3 Å². The fourth-order valence-corrected chi connectivity index (χ4v) is 2.15. The lowest BCUT2D eigenvalue weighted by Crippen LogP contribution is -2.42. The Morgan fingerprint density at radius 1 is 1.04 bits per heavy atom. The number of hydrogen-bond donors (Lipinski definition) is 3. The van der Waals surface area contributed by atoms with Crippen LogP contribution in [0.4, 0.5) is 0 Å². The molecule has 3 N–H and O–H groups in total. The number of benzene rings is 1. The predicted octanol–water partition coefficient (Wildman–Crippen LogP) is 1.80. The number of methoxy groups -OCH3 is 2. The Morgan fingerprint density at radius 3 is 2.23 bits per heavy atom. The number of amides is 1. The minimum absolute atomic E-state index is 0. The summed E-state index contributed by atoms with van der Waals surface area (Å²) in [5.41, 5.74) is 1.14. The number of aliphatic imine (C=N–C) groups is 1. The van der Waals surface area contributed by atoms with Crippen LogP contribution in [0.25, 0.3) is 0 Å². The third-order valence-electron chi connectivity index (χ3n) is 3.62. The standard InChI is InChI=1S/C18H30N4O3.HI/c1-13(2)17(23)20-10-11-22-18(19-3)21-9-8-14-6-7-15(24-4)16(12-14)25-5;/h6-7,12-13H,8-11H2,1-5H3,(H,20,23)(H2,19,21,22);1H. The molecular weight excluding hydrogens is 447 g/mol. The van der Waals surface area contributed by atoms with Gasteiger partial charge in [-0.25, -0.2) is 0 Å². The number of carbonyl (C=O) groups excluding carboxylic acids is 1. The van der Waals surface area contributed by atoms with Gasteiger partial charge in [0.15, 0.2) is 17.5 Å². The van der Waals surface area contributed by atoms with Crippen molar-refractivity contribution in [3.05, 3.63) is 23.8 Å². The molecule has 0 spiro atoms. The largest absolute Gasteiger partial charge is 0.493 e. The molecule has 0 aliphatic carbocycles. The molecule has 148 valence electrons. The van der Waals surface area contributed by atoms with Gasteiger partial charge >= 0.3 is 0 Å². The summed E-state index contributed by atoms with van der Waals surface area (Å²) in [6.45, 7) is 5.66. The Bertz CT molecular complexity index is 580. The Labute approximate surface area is 173 Å². The second-order valence-corrected chi connectivity index (χ2v) is 5.81. The lowest BCUT2D eigenvalue weighted by Gasteiger charge is -2.13. The maximum Gasteiger partial charge on any atom is 0.222 e. The summed E-state index contributed by atoms with van der Waals surface area (Å²) >= 11 is 0. The predicted molar refractivity (Wildman–Crippen MR) is 116 cm³/mol. The van der Waals surface area contributed by atoms with Gasteiger partial charge in [-0.15, -0.1) is 24.0 Å². The molecule has 0 aliphatic heterocycles. The molecule has 0 bridgehead atoms. The zero-order valence-corrected chi connectivity index (χ0v) is 18.5. The smallest absolute Gasteiger partial charge is 0.222 e. The van der Waals surface area contributed by atoms with E-state index in [2.05, 4.69) is 20.9 Å². The van der Waals surface area contributed by atoms with Crippen LogP contribution < -0.4 is 25.4 Å². The minimum Gasteiger partial charge on any atom is -0.493 e. The highest BCUT2D eigenvalue weighted by atomic mass is 127. The normalized spacial score (nSPS) is 10.8. The van der Waals surface area contributed by atoms with Crippen molar-refractivity contribution in [2.24, 2.45) is 10.9 Å². The number of nitrogens with zero attached hydrogens (tertiary/aromatic N) is 1. The van der Waals surface area contributed by atoms with Crippen molar-refractivity contribution in [3.63, 3.8) is 0 Å². The first-order chi connectivity index (χ1) is 12.0. The molecule has 1 rings (SSSR count). The van der Waals surface area contributed by atoms with Crippen LogP contribution >= 0.6 is 24.0 Å². The van der Waals surface area contributed by atoms with Gasteiger partial charge in [-0.05, 0) is 24.1 Å². The average Bonchev–Trinajstić information content (AvgIpc) is 2.62. The van der Waals surface area contributed by atoms with Crippen molar-refractivity contribution in [3.8, 4) is 11.5 Å². The zero-order chi connectivity index (χ0) is 18.7. The first-order valence-electron chi connectivity index (χ1n) is 8.45. The number of guanidine groups is 1. The lowest BCUT2D eigenvalue weighted by atomic mass is 10.1. The second kappa shape index (κ2) is 13.5. The Balaban J connectivity index is 0.00000625. The van der Waals surface area contributed by atoms with Gasteiger partial charge in [-0.2, -0.15) is 0 Å². The summed E-state index contributed by atoms with van der Waals surface area (Å²) in [7, 11) is 4.97. The molecule has 0 aliphatic rings. The van der Waals surface area contributed by atoms with E-state index in [1.165, 1.54) is 0 Å². The fourth-order valence-electron chi connectivity index (χ4n) is 2.15. The van der Waals surface area contributed by atoms with E-state index in [-0.39, 0.29) is 35.8 Å². The lowest BCUT2D eigenvalue weighted by molar-refractivity contribution is -0.123. The Hall–Kier alpha value is -1.71. The van der Waals surface area contributed by atoms with Crippen molar-refractivity contribution in [1.82, 2.24) is 16.0 Å². The highest BCUT2D eigenvalue weighted by Gasteiger charge is 2.06. The third-order valence-corrected chi connectivity index (χ3v) is 3.62. The van der Waals surface area contributed by atoms with E-state index in [0.29, 0.717) is 19.0 Å². The highest BCUT2D eigenvalue weighted by molar-refractivity contribution is 14.0. The summed E-state index contributed by atoms with van der Waals surface area (Å²) in [5.74, 6) is 2.21. The summed E-state index contributed by atoms with van der Waals surface area (Å²) in [4.78, 5) is 15.6. The molecule has 0 fully saturated rings. The first kappa shape index (κ1) is 24.3. The molecule has 0 aromatic heterocycles. The number of hydrogen-bond acceptors (Lipinski definition) is 4. The van der Waals surface area contributed by atoms with E-state index in [9.17, 15) is 4.79 Å². The summed E-state index contributed by atoms with van der Waals surface area (Å²) in [6.07, 6.45) is 0.825. The van der Waals surface area contributed by atoms with Crippen molar-refractivity contribution in [2.45, 2.75) is 20.3 Å². The molecule has 0 saturated heterocycles. The molecule has 0 heterocycles. The van der Waals surface area contributed by atoms with Crippen LogP contribution in [0.1, 0.15) is 19.4 Å². The van der Waals surface area contributed by atoms with E-state index in [4.69, 9.17) is 9.47 Å². The van der Waals surface area contributed by atoms with Gasteiger partial charge in [0.2, 0.25) is 5.91 Å².